The van der Waals surface area contributed by atoms with Crippen LogP contribution in [-0.4, -0.2) is 11.7 Å². The zero-order valence-corrected chi connectivity index (χ0v) is 18.0. The van der Waals surface area contributed by atoms with E-state index in [0.717, 1.165) is 43.4 Å². The Bertz CT molecular complexity index is 520. The van der Waals surface area contributed by atoms with E-state index in [1.807, 2.05) is 0 Å². The van der Waals surface area contributed by atoms with Crippen molar-refractivity contribution < 1.29 is 9.84 Å². The molecule has 0 bridgehead atoms. The number of rotatable bonds is 14. The Hall–Kier alpha value is -1.18. The Morgan fingerprint density at radius 3 is 1.73 bits per heavy atom. The molecule has 0 saturated carbocycles. The topological polar surface area (TPSA) is 29.5 Å². The minimum Gasteiger partial charge on any atom is -0.504 e. The first kappa shape index (κ1) is 22.9. The fourth-order valence-corrected chi connectivity index (χ4v) is 3.99. The maximum atomic E-state index is 11.0. The monoisotopic (exact) mass is 362 g/mol. The number of benzene rings is 1. The zero-order valence-electron chi connectivity index (χ0n) is 18.0. The van der Waals surface area contributed by atoms with E-state index >= 15 is 0 Å². The second kappa shape index (κ2) is 13.1. The van der Waals surface area contributed by atoms with Crippen LogP contribution in [0.5, 0.6) is 11.5 Å². The summed E-state index contributed by atoms with van der Waals surface area (Å²) < 4.78 is 6.14. The Morgan fingerprint density at radius 1 is 0.615 bits per heavy atom. The van der Waals surface area contributed by atoms with Crippen LogP contribution in [0.4, 0.5) is 0 Å². The molecule has 0 amide bonds. The lowest BCUT2D eigenvalue weighted by Crippen LogP contribution is -2.09. The van der Waals surface area contributed by atoms with Crippen molar-refractivity contribution in [1.29, 1.82) is 0 Å². The minimum absolute atomic E-state index is 0.419. The first-order valence-corrected chi connectivity index (χ1v) is 11.2. The first-order valence-electron chi connectivity index (χ1n) is 11.2. The van der Waals surface area contributed by atoms with Crippen LogP contribution >= 0.6 is 0 Å². The molecule has 0 atom stereocenters. The van der Waals surface area contributed by atoms with Gasteiger partial charge in [0.05, 0.1) is 6.61 Å². The maximum Gasteiger partial charge on any atom is 0.164 e. The van der Waals surface area contributed by atoms with Gasteiger partial charge in [-0.1, -0.05) is 73.1 Å². The fourth-order valence-electron chi connectivity index (χ4n) is 3.99. The molecule has 1 N–H and O–H groups in total. The van der Waals surface area contributed by atoms with E-state index in [2.05, 4.69) is 34.6 Å². The van der Waals surface area contributed by atoms with Gasteiger partial charge in [-0.3, -0.25) is 0 Å². The fraction of sp³-hybridized carbons (Fsp3) is 0.750. The average molecular weight is 363 g/mol. The van der Waals surface area contributed by atoms with Gasteiger partial charge in [0.2, 0.25) is 0 Å². The van der Waals surface area contributed by atoms with Gasteiger partial charge >= 0.3 is 0 Å². The van der Waals surface area contributed by atoms with Crippen molar-refractivity contribution in [3.8, 4) is 11.5 Å². The molecule has 0 aromatic heterocycles. The molecule has 2 nitrogen and oxygen atoms in total. The van der Waals surface area contributed by atoms with E-state index in [1.165, 1.54) is 61.6 Å². The molecule has 0 radical (unpaired) electrons. The first-order chi connectivity index (χ1) is 12.7. The van der Waals surface area contributed by atoms with Crippen LogP contribution in [0.1, 0.15) is 108 Å². The van der Waals surface area contributed by atoms with Gasteiger partial charge < -0.3 is 9.84 Å². The third-order valence-electron chi connectivity index (χ3n) is 5.45. The molecule has 0 fully saturated rings. The number of unbranched alkanes of at least 4 members (excludes halogenated alkanes) is 6. The van der Waals surface area contributed by atoms with Gasteiger partial charge in [0.15, 0.2) is 11.5 Å². The molecule has 0 aliphatic rings. The standard InChI is InChI=1S/C24H42O2/c1-6-11-13-15-17-22-19(8-3)21(10-5)24(23(25)20(22)9-4)26-18-16-14-12-7-2/h25H,6-18H2,1-5H3. The second-order valence-electron chi connectivity index (χ2n) is 7.37. The molecule has 1 aromatic carbocycles. The van der Waals surface area contributed by atoms with Gasteiger partial charge in [0, 0.05) is 11.1 Å². The zero-order chi connectivity index (χ0) is 19.4. The Balaban J connectivity index is 3.10. The molecule has 2 heteroatoms. The summed E-state index contributed by atoms with van der Waals surface area (Å²) in [6.07, 6.45) is 13.7. The molecule has 0 aliphatic carbocycles. The third-order valence-corrected chi connectivity index (χ3v) is 5.45. The highest BCUT2D eigenvalue weighted by Crippen LogP contribution is 2.41. The minimum atomic E-state index is 0.419. The Labute approximate surface area is 162 Å². The molecule has 26 heavy (non-hydrogen) atoms. The van der Waals surface area contributed by atoms with Crippen LogP contribution in [0.15, 0.2) is 0 Å². The third kappa shape index (κ3) is 6.21. The number of hydrogen-bond acceptors (Lipinski definition) is 2. The van der Waals surface area contributed by atoms with E-state index in [9.17, 15) is 5.11 Å². The van der Waals surface area contributed by atoms with Crippen LogP contribution < -0.4 is 4.74 Å². The lowest BCUT2D eigenvalue weighted by Gasteiger charge is -2.23. The van der Waals surface area contributed by atoms with Crippen LogP contribution in [0.25, 0.3) is 0 Å². The van der Waals surface area contributed by atoms with Gasteiger partial charge in [-0.25, -0.2) is 0 Å². The normalized spacial score (nSPS) is 11.1. The van der Waals surface area contributed by atoms with Gasteiger partial charge in [0.1, 0.15) is 0 Å². The summed E-state index contributed by atoms with van der Waals surface area (Å²) in [4.78, 5) is 0. The van der Waals surface area contributed by atoms with E-state index in [0.29, 0.717) is 12.4 Å². The highest BCUT2D eigenvalue weighted by atomic mass is 16.5. The highest BCUT2D eigenvalue weighted by Gasteiger charge is 2.22. The number of ether oxygens (including phenoxy) is 1. The average Bonchev–Trinajstić information content (AvgIpc) is 2.65. The van der Waals surface area contributed by atoms with E-state index in [4.69, 9.17) is 4.74 Å². The lowest BCUT2D eigenvalue weighted by molar-refractivity contribution is 0.285. The largest absolute Gasteiger partial charge is 0.504 e. The Morgan fingerprint density at radius 2 is 1.19 bits per heavy atom. The summed E-state index contributed by atoms with van der Waals surface area (Å²) in [5, 5.41) is 11.0. The highest BCUT2D eigenvalue weighted by molar-refractivity contribution is 5.59. The molecule has 1 rings (SSSR count). The van der Waals surface area contributed by atoms with Crippen LogP contribution in [0, 0.1) is 0 Å². The predicted molar refractivity (Wildman–Crippen MR) is 114 cm³/mol. The van der Waals surface area contributed by atoms with Crippen LogP contribution in [0.3, 0.4) is 0 Å². The SMILES string of the molecule is CCCCCCOc1c(O)c(CC)c(CCCCCC)c(CC)c1CC. The van der Waals surface area contributed by atoms with Crippen LogP contribution in [-0.2, 0) is 25.7 Å². The maximum absolute atomic E-state index is 11.0. The molecule has 0 aliphatic heterocycles. The summed E-state index contributed by atoms with van der Waals surface area (Å²) in [6.45, 7) is 11.8. The summed E-state index contributed by atoms with van der Waals surface area (Å²) in [7, 11) is 0. The summed E-state index contributed by atoms with van der Waals surface area (Å²) in [6, 6.07) is 0. The molecule has 150 valence electrons. The number of hydrogen-bond donors (Lipinski definition) is 1. The van der Waals surface area contributed by atoms with Crippen molar-refractivity contribution in [2.75, 3.05) is 6.61 Å². The molecular formula is C24H42O2. The molecular weight excluding hydrogens is 320 g/mol. The number of phenolic OH excluding ortho intramolecular Hbond substituents is 1. The second-order valence-corrected chi connectivity index (χ2v) is 7.37. The van der Waals surface area contributed by atoms with Crippen molar-refractivity contribution in [3.63, 3.8) is 0 Å². The summed E-state index contributed by atoms with van der Waals surface area (Å²) in [5.74, 6) is 1.19. The molecule has 0 saturated heterocycles. The van der Waals surface area contributed by atoms with Gasteiger partial charge in [-0.2, -0.15) is 0 Å². The van der Waals surface area contributed by atoms with Crippen molar-refractivity contribution in [1.82, 2.24) is 0 Å². The molecule has 0 unspecified atom stereocenters. The van der Waals surface area contributed by atoms with Crippen molar-refractivity contribution in [2.24, 2.45) is 0 Å². The molecule has 0 heterocycles. The van der Waals surface area contributed by atoms with Gasteiger partial charge in [-0.05, 0) is 49.7 Å². The quantitative estimate of drug-likeness (QED) is 0.356. The van der Waals surface area contributed by atoms with E-state index in [1.54, 1.807) is 0 Å². The predicted octanol–water partition coefficient (Wildman–Crippen LogP) is 7.16. The van der Waals surface area contributed by atoms with Gasteiger partial charge in [0.25, 0.3) is 0 Å². The molecule has 1 aromatic rings. The lowest BCUT2D eigenvalue weighted by atomic mass is 9.87. The van der Waals surface area contributed by atoms with Crippen molar-refractivity contribution in [2.45, 2.75) is 112 Å². The molecule has 0 spiro atoms. The number of aromatic hydroxyl groups is 1. The Kier molecular flexibility index (Phi) is 11.5. The van der Waals surface area contributed by atoms with E-state index < -0.39 is 0 Å². The van der Waals surface area contributed by atoms with Crippen molar-refractivity contribution in [3.05, 3.63) is 22.3 Å². The van der Waals surface area contributed by atoms with Gasteiger partial charge in [-0.15, -0.1) is 0 Å². The van der Waals surface area contributed by atoms with E-state index in [-0.39, 0.29) is 0 Å². The van der Waals surface area contributed by atoms with Crippen molar-refractivity contribution >= 4 is 0 Å². The summed E-state index contributed by atoms with van der Waals surface area (Å²) >= 11 is 0. The number of phenols is 1. The summed E-state index contributed by atoms with van der Waals surface area (Å²) in [5.41, 5.74) is 5.20. The van der Waals surface area contributed by atoms with Crippen LogP contribution in [0.2, 0.25) is 0 Å². The smallest absolute Gasteiger partial charge is 0.164 e.